The average molecular weight is 439 g/mol. The van der Waals surface area contributed by atoms with E-state index in [1.165, 1.54) is 4.90 Å². The predicted molar refractivity (Wildman–Crippen MR) is 110 cm³/mol. The summed E-state index contributed by atoms with van der Waals surface area (Å²) >= 11 is 12.1. The van der Waals surface area contributed by atoms with Crippen molar-refractivity contribution in [3.63, 3.8) is 0 Å². The summed E-state index contributed by atoms with van der Waals surface area (Å²) in [6.07, 6.45) is 4.99. The van der Waals surface area contributed by atoms with E-state index in [9.17, 15) is 14.4 Å². The van der Waals surface area contributed by atoms with Crippen molar-refractivity contribution in [2.75, 3.05) is 31.1 Å². The number of nitrogens with zero attached hydrogens (tertiary/aromatic N) is 4. The van der Waals surface area contributed by atoms with Crippen molar-refractivity contribution in [2.45, 2.75) is 38.6 Å². The standard InChI is InChI=1S/C20H24Cl2N4O3/c1-12(26-19(28)14-4-2-3-5-15(14)20(26)29)18(27)25-8-6-24(7-9-25)17-16(22)10-13(21)11-23-17/h10-12,14-15H,2-9H2,1H3. The minimum absolute atomic E-state index is 0.170. The highest BCUT2D eigenvalue weighted by atomic mass is 35.5. The molecule has 3 heterocycles. The Hall–Kier alpha value is -1.86. The van der Waals surface area contributed by atoms with Crippen LogP contribution in [0.15, 0.2) is 12.3 Å². The van der Waals surface area contributed by atoms with Crippen LogP contribution in [0, 0.1) is 11.8 Å². The zero-order chi connectivity index (χ0) is 20.7. The molecular formula is C20H24Cl2N4O3. The highest BCUT2D eigenvalue weighted by Gasteiger charge is 2.51. The van der Waals surface area contributed by atoms with E-state index in [4.69, 9.17) is 23.2 Å². The van der Waals surface area contributed by atoms with E-state index in [1.54, 1.807) is 24.1 Å². The number of hydrogen-bond acceptors (Lipinski definition) is 5. The molecule has 9 heteroatoms. The van der Waals surface area contributed by atoms with Gasteiger partial charge in [0.05, 0.1) is 21.9 Å². The Labute approximate surface area is 179 Å². The largest absolute Gasteiger partial charge is 0.352 e. The molecule has 3 aliphatic rings. The number of imide groups is 1. The second kappa shape index (κ2) is 8.11. The third-order valence-corrected chi connectivity index (χ3v) is 6.78. The molecule has 3 atom stereocenters. The van der Waals surface area contributed by atoms with E-state index in [0.29, 0.717) is 42.0 Å². The summed E-state index contributed by atoms with van der Waals surface area (Å²) in [7, 11) is 0. The topological polar surface area (TPSA) is 73.8 Å². The summed E-state index contributed by atoms with van der Waals surface area (Å²) in [4.78, 5) is 47.8. The molecule has 2 aliphatic heterocycles. The second-order valence-electron chi connectivity index (χ2n) is 7.99. The molecule has 1 aliphatic carbocycles. The van der Waals surface area contributed by atoms with Crippen LogP contribution in [0.2, 0.25) is 10.0 Å². The Morgan fingerprint density at radius 3 is 2.21 bits per heavy atom. The lowest BCUT2D eigenvalue weighted by Gasteiger charge is -2.37. The zero-order valence-electron chi connectivity index (χ0n) is 16.3. The summed E-state index contributed by atoms with van der Waals surface area (Å²) in [6, 6.07) is 0.888. The first-order valence-electron chi connectivity index (χ1n) is 10.1. The molecule has 3 amide bonds. The van der Waals surface area contributed by atoms with Crippen LogP contribution >= 0.6 is 23.2 Å². The molecule has 0 bridgehead atoms. The van der Waals surface area contributed by atoms with Crippen molar-refractivity contribution < 1.29 is 14.4 Å². The molecule has 29 heavy (non-hydrogen) atoms. The molecule has 1 aromatic heterocycles. The van der Waals surface area contributed by atoms with Gasteiger partial charge in [0.25, 0.3) is 0 Å². The van der Waals surface area contributed by atoms with Crippen molar-refractivity contribution >= 4 is 46.7 Å². The minimum atomic E-state index is -0.760. The number of fused-ring (bicyclic) bond motifs is 1. The quantitative estimate of drug-likeness (QED) is 0.677. The number of anilines is 1. The van der Waals surface area contributed by atoms with Crippen molar-refractivity contribution in [1.29, 1.82) is 0 Å². The number of likely N-dealkylation sites (tertiary alicyclic amines) is 1. The molecule has 3 unspecified atom stereocenters. The molecule has 156 valence electrons. The lowest BCUT2D eigenvalue weighted by molar-refractivity contribution is -0.151. The fourth-order valence-corrected chi connectivity index (χ4v) is 5.22. The van der Waals surface area contributed by atoms with Crippen LogP contribution in [0.1, 0.15) is 32.6 Å². The third-order valence-electron chi connectivity index (χ3n) is 6.30. The Morgan fingerprint density at radius 2 is 1.66 bits per heavy atom. The molecule has 1 saturated carbocycles. The van der Waals surface area contributed by atoms with E-state index < -0.39 is 6.04 Å². The molecular weight excluding hydrogens is 415 g/mol. The third kappa shape index (κ3) is 3.70. The van der Waals surface area contributed by atoms with Crippen LogP contribution in [0.4, 0.5) is 5.82 Å². The predicted octanol–water partition coefficient (Wildman–Crippen LogP) is 2.60. The van der Waals surface area contributed by atoms with Gasteiger partial charge < -0.3 is 9.80 Å². The summed E-state index contributed by atoms with van der Waals surface area (Å²) < 4.78 is 0. The highest BCUT2D eigenvalue weighted by Crippen LogP contribution is 2.39. The van der Waals surface area contributed by atoms with Crippen LogP contribution in [0.5, 0.6) is 0 Å². The molecule has 1 aromatic rings. The fourth-order valence-electron chi connectivity index (χ4n) is 4.72. The molecule has 0 radical (unpaired) electrons. The van der Waals surface area contributed by atoms with E-state index in [2.05, 4.69) is 4.98 Å². The first-order valence-corrected chi connectivity index (χ1v) is 10.9. The van der Waals surface area contributed by atoms with Gasteiger partial charge in [-0.3, -0.25) is 19.3 Å². The lowest BCUT2D eigenvalue weighted by atomic mass is 9.81. The molecule has 3 fully saturated rings. The maximum atomic E-state index is 13.0. The van der Waals surface area contributed by atoms with Crippen molar-refractivity contribution in [3.05, 3.63) is 22.3 Å². The summed E-state index contributed by atoms with van der Waals surface area (Å²) in [5.41, 5.74) is 0. The maximum Gasteiger partial charge on any atom is 0.245 e. The molecule has 0 aromatic carbocycles. The summed E-state index contributed by atoms with van der Waals surface area (Å²) in [5.74, 6) is -0.346. The van der Waals surface area contributed by atoms with E-state index in [0.717, 1.165) is 25.7 Å². The molecule has 2 saturated heterocycles. The SMILES string of the molecule is CC(C(=O)N1CCN(c2ncc(Cl)cc2Cl)CC1)N1C(=O)C2CCCCC2C1=O. The van der Waals surface area contributed by atoms with Crippen LogP contribution in [-0.4, -0.2) is 64.7 Å². The van der Waals surface area contributed by atoms with Gasteiger partial charge in [-0.05, 0) is 25.8 Å². The number of carbonyl (C=O) groups is 3. The molecule has 0 spiro atoms. The monoisotopic (exact) mass is 438 g/mol. The first kappa shape index (κ1) is 20.4. The number of carbonyl (C=O) groups excluding carboxylic acids is 3. The number of pyridine rings is 1. The van der Waals surface area contributed by atoms with Crippen LogP contribution in [0.3, 0.4) is 0 Å². The van der Waals surface area contributed by atoms with Crippen molar-refractivity contribution in [3.8, 4) is 0 Å². The van der Waals surface area contributed by atoms with Crippen LogP contribution in [-0.2, 0) is 14.4 Å². The Morgan fingerprint density at radius 1 is 1.07 bits per heavy atom. The highest BCUT2D eigenvalue weighted by molar-refractivity contribution is 6.36. The lowest BCUT2D eigenvalue weighted by Crippen LogP contribution is -2.55. The summed E-state index contributed by atoms with van der Waals surface area (Å²) in [6.45, 7) is 3.76. The summed E-state index contributed by atoms with van der Waals surface area (Å²) in [5, 5.41) is 0.948. The van der Waals surface area contributed by atoms with Crippen LogP contribution in [0.25, 0.3) is 0 Å². The Kier molecular flexibility index (Phi) is 5.71. The van der Waals surface area contributed by atoms with Crippen molar-refractivity contribution in [2.24, 2.45) is 11.8 Å². The zero-order valence-corrected chi connectivity index (χ0v) is 17.8. The van der Waals surface area contributed by atoms with Gasteiger partial charge in [-0.2, -0.15) is 0 Å². The number of rotatable bonds is 3. The molecule has 0 N–H and O–H groups in total. The maximum absolute atomic E-state index is 13.0. The van der Waals surface area contributed by atoms with Gasteiger partial charge >= 0.3 is 0 Å². The van der Waals surface area contributed by atoms with Gasteiger partial charge in [0.1, 0.15) is 11.9 Å². The Balaban J connectivity index is 1.40. The second-order valence-corrected chi connectivity index (χ2v) is 8.83. The normalized spacial score (nSPS) is 26.0. The number of aromatic nitrogens is 1. The fraction of sp³-hybridized carbons (Fsp3) is 0.600. The molecule has 7 nitrogen and oxygen atoms in total. The number of hydrogen-bond donors (Lipinski definition) is 0. The average Bonchev–Trinajstić information content (AvgIpc) is 2.98. The van der Waals surface area contributed by atoms with Gasteiger partial charge in [0.2, 0.25) is 17.7 Å². The number of halogens is 2. The first-order chi connectivity index (χ1) is 13.9. The Bertz CT molecular complexity index is 817. The smallest absolute Gasteiger partial charge is 0.245 e. The minimum Gasteiger partial charge on any atom is -0.352 e. The van der Waals surface area contributed by atoms with Gasteiger partial charge in [-0.1, -0.05) is 36.0 Å². The number of amides is 3. The van der Waals surface area contributed by atoms with E-state index in [-0.39, 0.29) is 29.6 Å². The van der Waals surface area contributed by atoms with Gasteiger partial charge in [-0.15, -0.1) is 0 Å². The van der Waals surface area contributed by atoms with Gasteiger partial charge in [0, 0.05) is 32.4 Å². The van der Waals surface area contributed by atoms with Crippen LogP contribution < -0.4 is 4.90 Å². The van der Waals surface area contributed by atoms with E-state index >= 15 is 0 Å². The van der Waals surface area contributed by atoms with Gasteiger partial charge in [-0.25, -0.2) is 4.98 Å². The molecule has 4 rings (SSSR count). The number of piperazine rings is 1. The van der Waals surface area contributed by atoms with E-state index in [1.807, 2.05) is 4.90 Å². The van der Waals surface area contributed by atoms with Gasteiger partial charge in [0.15, 0.2) is 0 Å². The van der Waals surface area contributed by atoms with Crippen molar-refractivity contribution in [1.82, 2.24) is 14.8 Å².